The molecular formula is C33H42N2O3. The highest BCUT2D eigenvalue weighted by molar-refractivity contribution is 5.86. The van der Waals surface area contributed by atoms with Gasteiger partial charge in [0.15, 0.2) is 0 Å². The smallest absolute Gasteiger partial charge is 0.310 e. The van der Waals surface area contributed by atoms with Gasteiger partial charge in [-0.25, -0.2) is 0 Å². The number of hydrogen-bond acceptors (Lipinski definition) is 5. The van der Waals surface area contributed by atoms with Crippen molar-refractivity contribution in [1.82, 2.24) is 5.32 Å². The van der Waals surface area contributed by atoms with Crippen LogP contribution < -0.4 is 15.0 Å². The number of rotatable bonds is 10. The van der Waals surface area contributed by atoms with E-state index in [0.717, 1.165) is 37.4 Å². The molecule has 0 spiro atoms. The van der Waals surface area contributed by atoms with Crippen molar-refractivity contribution < 1.29 is 14.3 Å². The lowest BCUT2D eigenvalue weighted by Gasteiger charge is -2.25. The fourth-order valence-corrected chi connectivity index (χ4v) is 6.15. The Kier molecular flexibility index (Phi) is 8.85. The molecule has 202 valence electrons. The highest BCUT2D eigenvalue weighted by Gasteiger charge is 2.26. The minimum atomic E-state index is -0.198. The SMILES string of the molecule is CCOC(=O)Cc1ccc(N2CC[C@H](N[C@H](C)c3cccc4ccccc34)C2)cc1OCC1CCCCC1. The molecule has 3 aromatic rings. The van der Waals surface area contributed by atoms with E-state index in [2.05, 4.69) is 77.8 Å². The molecule has 5 rings (SSSR count). The quantitative estimate of drug-likeness (QED) is 0.300. The maximum Gasteiger partial charge on any atom is 0.310 e. The topological polar surface area (TPSA) is 50.8 Å². The van der Waals surface area contributed by atoms with Gasteiger partial charge in [0.2, 0.25) is 0 Å². The number of esters is 1. The van der Waals surface area contributed by atoms with Gasteiger partial charge in [-0.3, -0.25) is 4.79 Å². The summed E-state index contributed by atoms with van der Waals surface area (Å²) < 4.78 is 11.6. The Morgan fingerprint density at radius 3 is 2.68 bits per heavy atom. The molecule has 0 unspecified atom stereocenters. The highest BCUT2D eigenvalue weighted by atomic mass is 16.5. The van der Waals surface area contributed by atoms with E-state index in [1.54, 1.807) is 0 Å². The summed E-state index contributed by atoms with van der Waals surface area (Å²) in [7, 11) is 0. The summed E-state index contributed by atoms with van der Waals surface area (Å²) in [5, 5.41) is 6.50. The Morgan fingerprint density at radius 1 is 1.03 bits per heavy atom. The monoisotopic (exact) mass is 514 g/mol. The normalized spacial score (nSPS) is 19.0. The van der Waals surface area contributed by atoms with E-state index >= 15 is 0 Å². The second-order valence-corrected chi connectivity index (χ2v) is 11.0. The van der Waals surface area contributed by atoms with Crippen LogP contribution in [0, 0.1) is 5.92 Å². The summed E-state index contributed by atoms with van der Waals surface area (Å²) in [6, 6.07) is 22.2. The van der Waals surface area contributed by atoms with Crippen LogP contribution in [-0.2, 0) is 16.0 Å². The Balaban J connectivity index is 1.26. The van der Waals surface area contributed by atoms with Gasteiger partial charge in [0.05, 0.1) is 19.6 Å². The molecule has 3 aromatic carbocycles. The number of ether oxygens (including phenoxy) is 2. The number of carbonyl (C=O) groups is 1. The summed E-state index contributed by atoms with van der Waals surface area (Å²) in [4.78, 5) is 14.7. The second-order valence-electron chi connectivity index (χ2n) is 11.0. The van der Waals surface area contributed by atoms with Crippen molar-refractivity contribution in [3.63, 3.8) is 0 Å². The number of nitrogens with zero attached hydrogens (tertiary/aromatic N) is 1. The molecule has 0 aromatic heterocycles. The van der Waals surface area contributed by atoms with E-state index < -0.39 is 0 Å². The minimum absolute atomic E-state index is 0.198. The second kappa shape index (κ2) is 12.7. The van der Waals surface area contributed by atoms with Gasteiger partial charge in [0.25, 0.3) is 0 Å². The lowest BCUT2D eigenvalue weighted by Crippen LogP contribution is -2.34. The van der Waals surface area contributed by atoms with E-state index in [0.29, 0.717) is 18.6 Å². The van der Waals surface area contributed by atoms with Crippen molar-refractivity contribution >= 4 is 22.4 Å². The molecule has 0 bridgehead atoms. The van der Waals surface area contributed by atoms with Crippen molar-refractivity contribution in [2.24, 2.45) is 5.92 Å². The molecule has 38 heavy (non-hydrogen) atoms. The summed E-state index contributed by atoms with van der Waals surface area (Å²) in [5.41, 5.74) is 3.43. The van der Waals surface area contributed by atoms with Gasteiger partial charge in [0, 0.05) is 42.5 Å². The summed E-state index contributed by atoms with van der Waals surface area (Å²) in [6.07, 6.45) is 7.75. The third-order valence-electron chi connectivity index (χ3n) is 8.22. The molecule has 0 radical (unpaired) electrons. The van der Waals surface area contributed by atoms with Crippen molar-refractivity contribution in [2.45, 2.75) is 70.9 Å². The zero-order valence-electron chi connectivity index (χ0n) is 23.0. The number of anilines is 1. The molecule has 1 aliphatic heterocycles. The molecule has 2 fully saturated rings. The van der Waals surface area contributed by atoms with E-state index in [1.165, 1.54) is 54.1 Å². The number of fused-ring (bicyclic) bond motifs is 1. The zero-order chi connectivity index (χ0) is 26.3. The molecule has 1 saturated heterocycles. The van der Waals surface area contributed by atoms with Crippen LogP contribution in [0.15, 0.2) is 60.7 Å². The summed E-state index contributed by atoms with van der Waals surface area (Å²) in [6.45, 7) is 7.19. The average molecular weight is 515 g/mol. The van der Waals surface area contributed by atoms with Gasteiger partial charge in [-0.05, 0) is 61.4 Å². The molecule has 1 aliphatic carbocycles. The van der Waals surface area contributed by atoms with Crippen molar-refractivity contribution in [3.05, 3.63) is 71.8 Å². The molecule has 1 saturated carbocycles. The average Bonchev–Trinajstić information content (AvgIpc) is 3.41. The first kappa shape index (κ1) is 26.6. The fraction of sp³-hybridized carbons (Fsp3) is 0.485. The molecule has 1 heterocycles. The lowest BCUT2D eigenvalue weighted by molar-refractivity contribution is -0.142. The Labute approximate surface area is 227 Å². The van der Waals surface area contributed by atoms with Crippen molar-refractivity contribution in [2.75, 3.05) is 31.2 Å². The molecule has 5 nitrogen and oxygen atoms in total. The van der Waals surface area contributed by atoms with E-state index in [9.17, 15) is 4.79 Å². The van der Waals surface area contributed by atoms with Gasteiger partial charge in [0.1, 0.15) is 5.75 Å². The van der Waals surface area contributed by atoms with Gasteiger partial charge >= 0.3 is 5.97 Å². The van der Waals surface area contributed by atoms with E-state index in [1.807, 2.05) is 6.92 Å². The first-order valence-electron chi connectivity index (χ1n) is 14.5. The lowest BCUT2D eigenvalue weighted by atomic mass is 9.90. The maximum atomic E-state index is 12.3. The van der Waals surface area contributed by atoms with Crippen LogP contribution in [0.5, 0.6) is 5.75 Å². The Hall–Kier alpha value is -3.05. The Morgan fingerprint density at radius 2 is 1.84 bits per heavy atom. The first-order valence-corrected chi connectivity index (χ1v) is 14.5. The summed E-state index contributed by atoms with van der Waals surface area (Å²) >= 11 is 0. The Bertz CT molecular complexity index is 1210. The van der Waals surface area contributed by atoms with Gasteiger partial charge in [-0.1, -0.05) is 67.8 Å². The molecular weight excluding hydrogens is 472 g/mol. The maximum absolute atomic E-state index is 12.3. The van der Waals surface area contributed by atoms with Gasteiger partial charge < -0.3 is 19.7 Å². The predicted octanol–water partition coefficient (Wildman–Crippen LogP) is 6.83. The highest BCUT2D eigenvalue weighted by Crippen LogP contribution is 2.32. The van der Waals surface area contributed by atoms with Crippen LogP contribution >= 0.6 is 0 Å². The van der Waals surface area contributed by atoms with Crippen LogP contribution in [0.3, 0.4) is 0 Å². The third-order valence-corrected chi connectivity index (χ3v) is 8.22. The molecule has 2 atom stereocenters. The van der Waals surface area contributed by atoms with Gasteiger partial charge in [-0.15, -0.1) is 0 Å². The molecule has 0 amide bonds. The van der Waals surface area contributed by atoms with Crippen LogP contribution in [0.1, 0.15) is 69.5 Å². The van der Waals surface area contributed by atoms with Crippen LogP contribution in [0.2, 0.25) is 0 Å². The number of nitrogens with one attached hydrogen (secondary N) is 1. The van der Waals surface area contributed by atoms with E-state index in [4.69, 9.17) is 9.47 Å². The molecule has 2 aliphatic rings. The van der Waals surface area contributed by atoms with E-state index in [-0.39, 0.29) is 18.4 Å². The summed E-state index contributed by atoms with van der Waals surface area (Å²) in [5.74, 6) is 1.25. The van der Waals surface area contributed by atoms with Crippen LogP contribution in [0.4, 0.5) is 5.69 Å². The number of carbonyl (C=O) groups excluding carboxylic acids is 1. The first-order chi connectivity index (χ1) is 18.6. The number of benzene rings is 3. The van der Waals surface area contributed by atoms with Crippen molar-refractivity contribution in [1.29, 1.82) is 0 Å². The van der Waals surface area contributed by atoms with Crippen LogP contribution in [-0.4, -0.2) is 38.3 Å². The zero-order valence-corrected chi connectivity index (χ0v) is 23.0. The minimum Gasteiger partial charge on any atom is -0.493 e. The van der Waals surface area contributed by atoms with Crippen LogP contribution in [0.25, 0.3) is 10.8 Å². The molecule has 5 heteroatoms. The standard InChI is InChI=1S/C33H42N2O3/c1-3-37-33(36)20-27-16-17-29(21-32(27)38-23-25-10-5-4-6-11-25)35-19-18-28(22-35)34-24(2)30-15-9-13-26-12-7-8-14-31(26)30/h7-9,12-17,21,24-25,28,34H,3-6,10-11,18-20,22-23H2,1-2H3/t24-,28+/m1/s1. The fourth-order valence-electron chi connectivity index (χ4n) is 6.15. The van der Waals surface area contributed by atoms with Crippen molar-refractivity contribution in [3.8, 4) is 5.75 Å². The number of hydrogen-bond donors (Lipinski definition) is 1. The third kappa shape index (κ3) is 6.50. The molecule has 1 N–H and O–H groups in total. The largest absolute Gasteiger partial charge is 0.493 e. The predicted molar refractivity (Wildman–Crippen MR) is 155 cm³/mol. The van der Waals surface area contributed by atoms with Gasteiger partial charge in [-0.2, -0.15) is 0 Å².